The van der Waals surface area contributed by atoms with E-state index in [0.717, 1.165) is 12.8 Å². The predicted molar refractivity (Wildman–Crippen MR) is 84.7 cm³/mol. The summed E-state index contributed by atoms with van der Waals surface area (Å²) >= 11 is 0. The molecule has 1 aliphatic heterocycles. The Bertz CT molecular complexity index is 943. The van der Waals surface area contributed by atoms with Crippen LogP contribution in [-0.2, 0) is 19.6 Å². The first-order valence-electron chi connectivity index (χ1n) is 7.81. The minimum absolute atomic E-state index is 0.0182. The van der Waals surface area contributed by atoms with Crippen LogP contribution in [0.3, 0.4) is 0 Å². The normalized spacial score (nSPS) is 21.9. The summed E-state index contributed by atoms with van der Waals surface area (Å²) in [5, 5.41) is 2.90. The molecule has 1 atom stereocenters. The van der Waals surface area contributed by atoms with Crippen LogP contribution < -0.4 is 10.0 Å². The molecule has 2 amide bonds. The van der Waals surface area contributed by atoms with Crippen molar-refractivity contribution in [2.45, 2.75) is 42.5 Å². The average Bonchev–Trinajstić information content (AvgIpc) is 3.23. The minimum Gasteiger partial charge on any atom is -0.464 e. The maximum atomic E-state index is 12.4. The summed E-state index contributed by atoms with van der Waals surface area (Å²) in [5.41, 5.74) is 1.12. The molecule has 1 aromatic carbocycles. The highest BCUT2D eigenvalue weighted by Gasteiger charge is 2.32. The van der Waals surface area contributed by atoms with Gasteiger partial charge < -0.3 is 4.42 Å². The van der Waals surface area contributed by atoms with Crippen LogP contribution in [0.4, 0.5) is 0 Å². The molecule has 2 fully saturated rings. The maximum absolute atomic E-state index is 12.4. The standard InChI is InChI=1S/C16H16N2O5S/c19-15-6-4-11(16(20)17-15)13-8-23-14-5-3-10(7-12(13)14)24(21,22)18-9-1-2-9/h3,5,7-9,11,18H,1-2,4,6H2,(H,17,19,20). The molecule has 2 aromatic rings. The van der Waals surface area contributed by atoms with Crippen molar-refractivity contribution in [1.29, 1.82) is 0 Å². The fraction of sp³-hybridized carbons (Fsp3) is 0.375. The molecule has 8 heteroatoms. The Labute approximate surface area is 138 Å². The Hall–Kier alpha value is -2.19. The SMILES string of the molecule is O=C1CCC(c2coc3ccc(S(=O)(=O)NC4CC4)cc23)C(=O)N1. The smallest absolute Gasteiger partial charge is 0.240 e. The predicted octanol–water partition coefficient (Wildman–Crippen LogP) is 1.39. The van der Waals surface area contributed by atoms with Gasteiger partial charge in [-0.05, 0) is 37.5 Å². The molecule has 1 aliphatic carbocycles. The highest BCUT2D eigenvalue weighted by atomic mass is 32.2. The number of hydrogen-bond donors (Lipinski definition) is 2. The van der Waals surface area contributed by atoms with E-state index in [2.05, 4.69) is 10.0 Å². The number of furan rings is 1. The van der Waals surface area contributed by atoms with Crippen molar-refractivity contribution in [3.63, 3.8) is 0 Å². The Balaban J connectivity index is 1.73. The number of piperidine rings is 1. The van der Waals surface area contributed by atoms with E-state index in [1.165, 1.54) is 18.4 Å². The number of imide groups is 1. The summed E-state index contributed by atoms with van der Waals surface area (Å²) in [5.74, 6) is -1.18. The third-order valence-corrected chi connectivity index (χ3v) is 5.92. The monoisotopic (exact) mass is 348 g/mol. The number of sulfonamides is 1. The lowest BCUT2D eigenvalue weighted by molar-refractivity contribution is -0.134. The van der Waals surface area contributed by atoms with Crippen molar-refractivity contribution in [3.05, 3.63) is 30.0 Å². The number of hydrogen-bond acceptors (Lipinski definition) is 5. The van der Waals surface area contributed by atoms with E-state index in [0.29, 0.717) is 23.0 Å². The van der Waals surface area contributed by atoms with Crippen molar-refractivity contribution in [2.75, 3.05) is 0 Å². The van der Waals surface area contributed by atoms with E-state index in [-0.39, 0.29) is 29.2 Å². The third-order valence-electron chi connectivity index (χ3n) is 4.40. The van der Waals surface area contributed by atoms with Crippen molar-refractivity contribution in [2.24, 2.45) is 0 Å². The van der Waals surface area contributed by atoms with Crippen LogP contribution in [0.2, 0.25) is 0 Å². The first-order valence-corrected chi connectivity index (χ1v) is 9.29. The molecule has 7 nitrogen and oxygen atoms in total. The van der Waals surface area contributed by atoms with E-state index in [1.54, 1.807) is 6.07 Å². The lowest BCUT2D eigenvalue weighted by Crippen LogP contribution is -2.39. The zero-order valence-electron chi connectivity index (χ0n) is 12.7. The highest BCUT2D eigenvalue weighted by molar-refractivity contribution is 7.89. The van der Waals surface area contributed by atoms with Crippen LogP contribution >= 0.6 is 0 Å². The molecule has 0 bridgehead atoms. The molecule has 24 heavy (non-hydrogen) atoms. The van der Waals surface area contributed by atoms with Crippen LogP contribution in [0.5, 0.6) is 0 Å². The van der Waals surface area contributed by atoms with Crippen LogP contribution in [-0.4, -0.2) is 26.3 Å². The van der Waals surface area contributed by atoms with E-state index in [1.807, 2.05) is 0 Å². The lowest BCUT2D eigenvalue weighted by Gasteiger charge is -2.19. The summed E-state index contributed by atoms with van der Waals surface area (Å²) in [6.45, 7) is 0. The molecule has 0 radical (unpaired) electrons. The largest absolute Gasteiger partial charge is 0.464 e. The Morgan fingerprint density at radius 3 is 2.67 bits per heavy atom. The van der Waals surface area contributed by atoms with Gasteiger partial charge in [0.2, 0.25) is 21.8 Å². The number of carbonyl (C=O) groups excluding carboxylic acids is 2. The molecule has 126 valence electrons. The van der Waals surface area contributed by atoms with Gasteiger partial charge in [-0.15, -0.1) is 0 Å². The minimum atomic E-state index is -3.58. The summed E-state index contributed by atoms with van der Waals surface area (Å²) in [6, 6.07) is 4.63. The van der Waals surface area contributed by atoms with Gasteiger partial charge in [-0.1, -0.05) is 0 Å². The van der Waals surface area contributed by atoms with E-state index < -0.39 is 15.9 Å². The number of amides is 2. The second kappa shape index (κ2) is 5.42. The fourth-order valence-corrected chi connectivity index (χ4v) is 4.27. The zero-order chi connectivity index (χ0) is 16.9. The van der Waals surface area contributed by atoms with Crippen LogP contribution in [0.15, 0.2) is 33.8 Å². The second-order valence-corrected chi connectivity index (χ2v) is 7.96. The molecular weight excluding hydrogens is 332 g/mol. The van der Waals surface area contributed by atoms with Gasteiger partial charge in [0.1, 0.15) is 5.58 Å². The Kier molecular flexibility index (Phi) is 3.47. The highest BCUT2D eigenvalue weighted by Crippen LogP contribution is 2.34. The van der Waals surface area contributed by atoms with Gasteiger partial charge in [0.15, 0.2) is 0 Å². The fourth-order valence-electron chi connectivity index (χ4n) is 2.94. The molecule has 4 rings (SSSR count). The van der Waals surface area contributed by atoms with Gasteiger partial charge in [-0.2, -0.15) is 0 Å². The average molecular weight is 348 g/mol. The zero-order valence-corrected chi connectivity index (χ0v) is 13.6. The van der Waals surface area contributed by atoms with Gasteiger partial charge in [0.25, 0.3) is 0 Å². The summed E-state index contributed by atoms with van der Waals surface area (Å²) in [4.78, 5) is 23.5. The number of benzene rings is 1. The first kappa shape index (κ1) is 15.3. The first-order chi connectivity index (χ1) is 11.4. The van der Waals surface area contributed by atoms with Gasteiger partial charge in [0.05, 0.1) is 17.1 Å². The summed E-state index contributed by atoms with van der Waals surface area (Å²) < 4.78 is 32.8. The molecule has 1 saturated heterocycles. The van der Waals surface area contributed by atoms with Crippen molar-refractivity contribution in [1.82, 2.24) is 10.0 Å². The Morgan fingerprint density at radius 2 is 1.96 bits per heavy atom. The summed E-state index contributed by atoms with van der Waals surface area (Å²) in [7, 11) is -3.58. The van der Waals surface area contributed by atoms with E-state index in [9.17, 15) is 18.0 Å². The van der Waals surface area contributed by atoms with Gasteiger partial charge in [-0.25, -0.2) is 13.1 Å². The molecule has 0 spiro atoms. The van der Waals surface area contributed by atoms with E-state index in [4.69, 9.17) is 4.42 Å². The van der Waals surface area contributed by atoms with Crippen LogP contribution in [0, 0.1) is 0 Å². The topological polar surface area (TPSA) is 105 Å². The number of fused-ring (bicyclic) bond motifs is 1. The summed E-state index contributed by atoms with van der Waals surface area (Å²) in [6.07, 6.45) is 3.82. The van der Waals surface area contributed by atoms with Gasteiger partial charge in [0, 0.05) is 23.4 Å². The number of nitrogens with one attached hydrogen (secondary N) is 2. The maximum Gasteiger partial charge on any atom is 0.240 e. The van der Waals surface area contributed by atoms with Gasteiger partial charge in [-0.3, -0.25) is 14.9 Å². The number of carbonyl (C=O) groups is 2. The molecular formula is C16H16N2O5S. The quantitative estimate of drug-likeness (QED) is 0.813. The molecule has 1 unspecified atom stereocenters. The molecule has 1 saturated carbocycles. The third kappa shape index (κ3) is 2.71. The van der Waals surface area contributed by atoms with E-state index >= 15 is 0 Å². The molecule has 1 aromatic heterocycles. The van der Waals surface area contributed by atoms with Crippen molar-refractivity contribution in [3.8, 4) is 0 Å². The molecule has 2 heterocycles. The number of rotatable bonds is 4. The Morgan fingerprint density at radius 1 is 1.17 bits per heavy atom. The van der Waals surface area contributed by atoms with Crippen LogP contribution in [0.1, 0.15) is 37.2 Å². The van der Waals surface area contributed by atoms with Gasteiger partial charge >= 0.3 is 0 Å². The lowest BCUT2D eigenvalue weighted by atomic mass is 9.90. The molecule has 2 N–H and O–H groups in total. The van der Waals surface area contributed by atoms with Crippen molar-refractivity contribution < 1.29 is 22.4 Å². The second-order valence-electron chi connectivity index (χ2n) is 6.25. The van der Waals surface area contributed by atoms with Crippen molar-refractivity contribution >= 4 is 32.8 Å². The van der Waals surface area contributed by atoms with Crippen LogP contribution in [0.25, 0.3) is 11.0 Å². The molecule has 2 aliphatic rings.